The molecule has 3 aromatic carbocycles. The van der Waals surface area contributed by atoms with Crippen molar-refractivity contribution in [1.82, 2.24) is 5.32 Å². The van der Waals surface area contributed by atoms with Crippen molar-refractivity contribution in [1.29, 1.82) is 5.26 Å². The first-order chi connectivity index (χ1) is 16.2. The number of anilines is 1. The first-order valence-corrected chi connectivity index (χ1v) is 10.5. The van der Waals surface area contributed by atoms with Gasteiger partial charge in [0.05, 0.1) is 23.4 Å². The van der Waals surface area contributed by atoms with Crippen molar-refractivity contribution in [2.75, 3.05) is 4.90 Å². The molecule has 1 N–H and O–H groups in total. The van der Waals surface area contributed by atoms with Gasteiger partial charge in [-0.1, -0.05) is 42.5 Å². The van der Waals surface area contributed by atoms with Crippen LogP contribution in [0.1, 0.15) is 35.7 Å². The summed E-state index contributed by atoms with van der Waals surface area (Å²) in [6, 6.07) is 22.7. The van der Waals surface area contributed by atoms with Gasteiger partial charge in [-0.05, 0) is 60.5 Å². The van der Waals surface area contributed by atoms with Crippen LogP contribution in [-0.4, -0.2) is 12.3 Å². The Balaban J connectivity index is 1.70. The van der Waals surface area contributed by atoms with Gasteiger partial charge in [0.2, 0.25) is 0 Å². The van der Waals surface area contributed by atoms with E-state index >= 15 is 0 Å². The van der Waals surface area contributed by atoms with E-state index in [1.54, 1.807) is 36.4 Å². The molecule has 0 saturated carbocycles. The highest BCUT2D eigenvalue weighted by Gasteiger charge is 2.36. The number of nitriles is 1. The molecule has 0 aliphatic carbocycles. The van der Waals surface area contributed by atoms with Crippen LogP contribution in [-0.2, 0) is 4.79 Å². The number of carbonyl (C=O) groups excluding carboxylic acids is 1. The van der Waals surface area contributed by atoms with Crippen molar-refractivity contribution in [3.8, 4) is 11.8 Å². The van der Waals surface area contributed by atoms with Crippen molar-refractivity contribution < 1.29 is 22.7 Å². The number of amides is 1. The molecule has 4 rings (SSSR count). The third kappa shape index (κ3) is 5.04. The van der Waals surface area contributed by atoms with Crippen LogP contribution in [0.2, 0.25) is 0 Å². The van der Waals surface area contributed by atoms with Gasteiger partial charge in [0.1, 0.15) is 5.75 Å². The molecule has 172 valence electrons. The monoisotopic (exact) mass is 463 g/mol. The molecular formula is C26H20F3N3O2. The Hall–Kier alpha value is -4.25. The second-order valence-corrected chi connectivity index (χ2v) is 7.76. The Bertz CT molecular complexity index is 1250. The fourth-order valence-electron chi connectivity index (χ4n) is 3.84. The maximum absolute atomic E-state index is 13.4. The van der Waals surface area contributed by atoms with Crippen LogP contribution in [0.25, 0.3) is 0 Å². The van der Waals surface area contributed by atoms with Gasteiger partial charge in [-0.25, -0.2) is 0 Å². The lowest BCUT2D eigenvalue weighted by atomic mass is 10.1. The third-order valence-corrected chi connectivity index (χ3v) is 5.43. The van der Waals surface area contributed by atoms with E-state index in [0.717, 1.165) is 5.56 Å². The molecule has 1 unspecified atom stereocenters. The van der Waals surface area contributed by atoms with Gasteiger partial charge in [0.15, 0.2) is 0 Å². The molecule has 0 aromatic heterocycles. The summed E-state index contributed by atoms with van der Waals surface area (Å²) in [5, 5.41) is 12.3. The Labute approximate surface area is 194 Å². The van der Waals surface area contributed by atoms with Crippen LogP contribution >= 0.6 is 0 Å². The van der Waals surface area contributed by atoms with Crippen LogP contribution in [0.15, 0.2) is 90.6 Å². The minimum absolute atomic E-state index is 0.183. The highest BCUT2D eigenvalue weighted by atomic mass is 19.4. The van der Waals surface area contributed by atoms with E-state index in [-0.39, 0.29) is 17.7 Å². The fourth-order valence-corrected chi connectivity index (χ4v) is 3.84. The number of hydrogen-bond acceptors (Lipinski definition) is 4. The maximum Gasteiger partial charge on any atom is 0.573 e. The highest BCUT2D eigenvalue weighted by Crippen LogP contribution is 2.37. The van der Waals surface area contributed by atoms with Crippen molar-refractivity contribution in [2.24, 2.45) is 0 Å². The van der Waals surface area contributed by atoms with Gasteiger partial charge >= 0.3 is 6.36 Å². The Morgan fingerprint density at radius 1 is 1.03 bits per heavy atom. The normalized spacial score (nSPS) is 16.6. The zero-order valence-corrected chi connectivity index (χ0v) is 18.1. The number of nitrogens with zero attached hydrogens (tertiary/aromatic N) is 2. The van der Waals surface area contributed by atoms with Crippen molar-refractivity contribution in [3.05, 3.63) is 107 Å². The minimum atomic E-state index is -4.83. The third-order valence-electron chi connectivity index (χ3n) is 5.43. The molecule has 0 radical (unpaired) electrons. The summed E-state index contributed by atoms with van der Waals surface area (Å²) in [5.74, 6) is -0.704. The molecule has 0 bridgehead atoms. The van der Waals surface area contributed by atoms with E-state index in [1.807, 2.05) is 43.3 Å². The molecule has 5 nitrogen and oxygen atoms in total. The summed E-state index contributed by atoms with van der Waals surface area (Å²) in [6.45, 7) is 1.92. The summed E-state index contributed by atoms with van der Waals surface area (Å²) in [4.78, 5) is 14.9. The molecule has 0 fully saturated rings. The second kappa shape index (κ2) is 9.32. The molecule has 3 aromatic rings. The van der Waals surface area contributed by atoms with Gasteiger partial charge in [-0.3, -0.25) is 9.69 Å². The van der Waals surface area contributed by atoms with Gasteiger partial charge in [0, 0.05) is 11.7 Å². The summed E-state index contributed by atoms with van der Waals surface area (Å²) >= 11 is 0. The Morgan fingerprint density at radius 2 is 1.74 bits per heavy atom. The lowest BCUT2D eigenvalue weighted by molar-refractivity contribution is -0.274. The first kappa shape index (κ1) is 22.9. The molecule has 1 aliphatic heterocycles. The second-order valence-electron chi connectivity index (χ2n) is 7.76. The summed E-state index contributed by atoms with van der Waals surface area (Å²) in [7, 11) is 0. The van der Waals surface area contributed by atoms with Gasteiger partial charge in [0.25, 0.3) is 5.91 Å². The van der Waals surface area contributed by atoms with E-state index < -0.39 is 12.4 Å². The predicted octanol–water partition coefficient (Wildman–Crippen LogP) is 5.78. The quantitative estimate of drug-likeness (QED) is 0.503. The largest absolute Gasteiger partial charge is 0.573 e. The van der Waals surface area contributed by atoms with E-state index in [1.165, 1.54) is 23.1 Å². The van der Waals surface area contributed by atoms with E-state index in [0.29, 0.717) is 22.5 Å². The average Bonchev–Trinajstić information content (AvgIpc) is 3.14. The van der Waals surface area contributed by atoms with Crippen LogP contribution < -0.4 is 15.0 Å². The van der Waals surface area contributed by atoms with Crippen LogP contribution in [0.4, 0.5) is 18.9 Å². The Morgan fingerprint density at radius 3 is 2.38 bits per heavy atom. The topological polar surface area (TPSA) is 65.4 Å². The minimum Gasteiger partial charge on any atom is -0.406 e. The van der Waals surface area contributed by atoms with Crippen LogP contribution in [0, 0.1) is 11.3 Å². The van der Waals surface area contributed by atoms with Crippen molar-refractivity contribution in [2.45, 2.75) is 25.4 Å². The summed E-state index contributed by atoms with van der Waals surface area (Å²) < 4.78 is 42.3. The van der Waals surface area contributed by atoms with Crippen LogP contribution in [0.3, 0.4) is 0 Å². The molecule has 1 aliphatic rings. The summed E-state index contributed by atoms with van der Waals surface area (Å²) in [5.41, 5.74) is 2.69. The highest BCUT2D eigenvalue weighted by molar-refractivity contribution is 6.09. The number of hydrogen-bond donors (Lipinski definition) is 1. The molecule has 2 atom stereocenters. The maximum atomic E-state index is 13.4. The molecule has 34 heavy (non-hydrogen) atoms. The van der Waals surface area contributed by atoms with Gasteiger partial charge in [-0.15, -0.1) is 13.2 Å². The number of halogens is 3. The lowest BCUT2D eigenvalue weighted by Crippen LogP contribution is -2.33. The standard InChI is InChI=1S/C26H20F3N3O2/c1-17(19-6-3-2-4-7-19)31-23-15-24(20-8-5-9-22(14-20)34-26(27,28)29)32(25(23)33)21-12-10-18(16-30)11-13-21/h2-15,17,24,31H,1H3/t17?,24-/m0/s1. The number of nitrogens with one attached hydrogen (secondary N) is 1. The number of rotatable bonds is 6. The molecule has 8 heteroatoms. The fraction of sp³-hybridized carbons (Fsp3) is 0.154. The zero-order chi connectivity index (χ0) is 24.3. The number of carbonyl (C=O) groups is 1. The van der Waals surface area contributed by atoms with Crippen molar-refractivity contribution >= 4 is 11.6 Å². The summed E-state index contributed by atoms with van der Waals surface area (Å²) in [6.07, 6.45) is -3.14. The van der Waals surface area contributed by atoms with E-state index in [4.69, 9.17) is 5.26 Å². The van der Waals surface area contributed by atoms with Crippen LogP contribution in [0.5, 0.6) is 5.75 Å². The molecule has 1 heterocycles. The van der Waals surface area contributed by atoms with Gasteiger partial charge in [-0.2, -0.15) is 5.26 Å². The number of benzene rings is 3. The average molecular weight is 463 g/mol. The SMILES string of the molecule is CC(NC1=C[C@@H](c2cccc(OC(F)(F)F)c2)N(c2ccc(C#N)cc2)C1=O)c1ccccc1. The molecule has 0 spiro atoms. The Kier molecular flexibility index (Phi) is 6.28. The smallest absolute Gasteiger partial charge is 0.406 e. The number of alkyl halides is 3. The molecular weight excluding hydrogens is 443 g/mol. The zero-order valence-electron chi connectivity index (χ0n) is 18.1. The van der Waals surface area contributed by atoms with Crippen molar-refractivity contribution in [3.63, 3.8) is 0 Å². The molecule has 1 amide bonds. The van der Waals surface area contributed by atoms with Gasteiger partial charge < -0.3 is 10.1 Å². The first-order valence-electron chi connectivity index (χ1n) is 10.5. The molecule has 0 saturated heterocycles. The lowest BCUT2D eigenvalue weighted by Gasteiger charge is -2.26. The number of ether oxygens (including phenoxy) is 1. The van der Waals surface area contributed by atoms with E-state index in [9.17, 15) is 18.0 Å². The predicted molar refractivity (Wildman–Crippen MR) is 121 cm³/mol. The van der Waals surface area contributed by atoms with E-state index in [2.05, 4.69) is 10.1 Å².